The molecule has 0 aromatic heterocycles. The van der Waals surface area contributed by atoms with Crippen molar-refractivity contribution in [2.24, 2.45) is 41.2 Å². The fourth-order valence-electron chi connectivity index (χ4n) is 19.5. The fourth-order valence-corrected chi connectivity index (χ4v) is 19.5. The highest BCUT2D eigenvalue weighted by atomic mass is 16.8. The van der Waals surface area contributed by atoms with Crippen molar-refractivity contribution < 1.29 is 198 Å². The van der Waals surface area contributed by atoms with Gasteiger partial charge in [0.2, 0.25) is 11.7 Å². The summed E-state index contributed by atoms with van der Waals surface area (Å²) in [6.45, 7) is 19.0. The molecule has 9 aliphatic rings. The minimum Gasteiger partial charge on any atom is -0.458 e. The molecule has 42 nitrogen and oxygen atoms in total. The van der Waals surface area contributed by atoms with Gasteiger partial charge in [-0.25, -0.2) is 4.79 Å². The average molecular weight is 1920 g/mol. The summed E-state index contributed by atoms with van der Waals surface area (Å²) < 4.78 is 99.7. The molecule has 0 aromatic carbocycles. The SMILES string of the molecule is CCC(O[C@H]1CC[C@@H](O[C@H]2CC[C@@H](O[C@H]3C[C@](C)(N)[C@H](O)[C@H](C)O3)[C@@H](C)O2)[C@@H](C)O1)[C@H](C)[C@H](O)[C@@H](C)[C@H](O)[C@H](C)C1OC(=O)C=C/C=C/C[C@@H](O)C[C@@H](O)CC[C@@H](C)C(O[C@H]2C[C@@H](O[C@@H]3O[C@H](CO)[C@@H](O)[C@H](O)[C@H]3O)[C@H](O)[C@@H](CO[C@@H]3O[C@H](C)[C@@H](O)[C@H](O)[C@@H]3O)O2)C2(O)OC(CC(O)C2O)[C@@H](C)C(O[C@H]2O[C@H](CO)[C@@H](O)[C@H](O)[C@H]2NC(C)=O)C[C@H](O)C[C@@H](O)C[C@H](O)/C=C/C=C/[C@@H]1C. The number of cyclic esters (lactones) is 1. The quantitative estimate of drug-likeness (QED) is 0.0394. The highest BCUT2D eigenvalue weighted by Crippen LogP contribution is 2.45. The second-order valence-electron chi connectivity index (χ2n) is 38.7. The maximum atomic E-state index is 14.0. The van der Waals surface area contributed by atoms with E-state index in [4.69, 9.17) is 81.5 Å². The number of allylic oxidation sites excluding steroid dienone is 4. The lowest BCUT2D eigenvalue weighted by atomic mass is 9.78. The van der Waals surface area contributed by atoms with Crippen molar-refractivity contribution in [2.75, 3.05) is 19.8 Å². The first kappa shape index (κ1) is 113. The molecule has 770 valence electrons. The number of hydrogen-bond donors (Lipinski definition) is 24. The van der Waals surface area contributed by atoms with Gasteiger partial charge in [0, 0.05) is 93.1 Å². The standard InChI is InChI=1S/C91H156N2O40/c1-14-57(123-67-28-26-58(46(8)119-67)124-68-29-27-59(47(9)120-68)125-70-36-90(13,92)84(115)49(11)121-70)43(5)72(104)44(6)73(105)45(7)83-40(2)20-18-19-22-52(98)31-54(100)32-55(101)33-60(127-87-71(93-50(12)96)78(110)76(108)63(37-94)129-87)42(4)61-34-56(102)85(116)91(117,133-61)86(41(3)24-25-53(99)30-51(97)21-16-15-17-23-66(103)131-83)132-69-35-62(128-89-82(114)80(112)77(109)64(38-95)130-89)75(107)65(126-69)39-118-88-81(113)79(111)74(106)48(10)122-88/h15-20,22-23,40-49,51-65,67-89,94-95,97-102,104-117H,14,21,24-39,92H2,1-13H3,(H,93,96)/b16-15+,20-18+,22-19+,23-17?/t40-,41+,42-,43-,44+,45-,46+,47+,48+,49-,51+,52+,53-,54-,55+,56?,57?,58+,59+,60?,61?,62+,63+,64+,65+,67-,68-,69-,70-,71+,72-,73-,74+,75-,76+,77+,78+,79-,80-,81-,82+,83?,84+,85?,86?,87-,88+,89+,90-,91?/m0/s1. The van der Waals surface area contributed by atoms with Gasteiger partial charge in [-0.15, -0.1) is 0 Å². The number of carbonyl (C=O) groups excluding carboxylic acids is 2. The number of carbonyl (C=O) groups is 2. The molecule has 8 saturated heterocycles. The first-order valence-corrected chi connectivity index (χ1v) is 47.2. The summed E-state index contributed by atoms with van der Waals surface area (Å²) in [5.74, 6) is -10.2. The van der Waals surface area contributed by atoms with Crippen LogP contribution in [0.25, 0.3) is 0 Å². The first-order valence-electron chi connectivity index (χ1n) is 47.2. The van der Waals surface area contributed by atoms with Crippen molar-refractivity contribution in [1.29, 1.82) is 0 Å². The van der Waals surface area contributed by atoms with Crippen LogP contribution in [-0.4, -0.2) is 413 Å². The van der Waals surface area contributed by atoms with Crippen LogP contribution >= 0.6 is 0 Å². The van der Waals surface area contributed by atoms with Crippen molar-refractivity contribution in [3.8, 4) is 0 Å². The third-order valence-electron chi connectivity index (χ3n) is 27.9. The van der Waals surface area contributed by atoms with Gasteiger partial charge >= 0.3 is 5.97 Å². The van der Waals surface area contributed by atoms with Crippen LogP contribution in [0.1, 0.15) is 186 Å². The molecule has 50 atom stereocenters. The summed E-state index contributed by atoms with van der Waals surface area (Å²) >= 11 is 0. The minimum atomic E-state index is -3.15. The molecule has 9 rings (SSSR count). The number of hydrogen-bond acceptors (Lipinski definition) is 41. The smallest absolute Gasteiger partial charge is 0.331 e. The molecule has 8 unspecified atom stereocenters. The van der Waals surface area contributed by atoms with Gasteiger partial charge in [0.15, 0.2) is 44.0 Å². The molecule has 0 aromatic rings. The molecule has 9 heterocycles. The summed E-state index contributed by atoms with van der Waals surface area (Å²) in [4.78, 5) is 26.8. The van der Waals surface area contributed by atoms with E-state index in [-0.39, 0.29) is 44.0 Å². The molecule has 2 bridgehead atoms. The van der Waals surface area contributed by atoms with Gasteiger partial charge in [0.25, 0.3) is 0 Å². The second kappa shape index (κ2) is 51.4. The Bertz CT molecular complexity index is 3580. The molecule has 25 N–H and O–H groups in total. The molecular formula is C91H156N2O40. The number of rotatable bonds is 25. The summed E-state index contributed by atoms with van der Waals surface area (Å²) in [6, 6.07) is -1.60. The van der Waals surface area contributed by atoms with E-state index in [1.165, 1.54) is 51.2 Å². The fraction of sp³-hybridized carbons (Fsp3) is 0.890. The van der Waals surface area contributed by atoms with E-state index in [1.54, 1.807) is 46.8 Å². The van der Waals surface area contributed by atoms with Crippen LogP contribution in [0.2, 0.25) is 0 Å². The number of esters is 1. The Morgan fingerprint density at radius 2 is 1.11 bits per heavy atom. The van der Waals surface area contributed by atoms with Gasteiger partial charge in [0.05, 0.1) is 136 Å². The number of nitrogens with one attached hydrogen (secondary N) is 1. The number of ether oxygens (including phenoxy) is 16. The second-order valence-corrected chi connectivity index (χ2v) is 38.7. The Morgan fingerprint density at radius 1 is 0.526 bits per heavy atom. The maximum absolute atomic E-state index is 14.0. The minimum absolute atomic E-state index is 0.0904. The summed E-state index contributed by atoms with van der Waals surface area (Å²) in [6.07, 6.45) is -45.7. The number of nitrogens with two attached hydrogens (primary N) is 1. The van der Waals surface area contributed by atoms with Crippen LogP contribution in [0.3, 0.4) is 0 Å². The molecule has 133 heavy (non-hydrogen) atoms. The van der Waals surface area contributed by atoms with E-state index in [2.05, 4.69) is 5.32 Å². The van der Waals surface area contributed by atoms with Gasteiger partial charge in [-0.05, 0) is 91.9 Å². The highest BCUT2D eigenvalue weighted by Gasteiger charge is 2.60. The first-order chi connectivity index (χ1) is 62.6. The van der Waals surface area contributed by atoms with Gasteiger partial charge in [-0.3, -0.25) is 4.79 Å². The summed E-state index contributed by atoms with van der Waals surface area (Å²) in [5.41, 5.74) is 5.50. The largest absolute Gasteiger partial charge is 0.458 e. The molecule has 42 heteroatoms. The molecule has 8 fully saturated rings. The van der Waals surface area contributed by atoms with Gasteiger partial charge in [-0.2, -0.15) is 0 Å². The lowest BCUT2D eigenvalue weighted by molar-refractivity contribution is -0.399. The van der Waals surface area contributed by atoms with E-state index in [9.17, 15) is 122 Å². The normalized spacial score (nSPS) is 47.5. The van der Waals surface area contributed by atoms with E-state index in [1.807, 2.05) is 27.7 Å². The van der Waals surface area contributed by atoms with Crippen molar-refractivity contribution in [2.45, 2.75) is 455 Å². The summed E-state index contributed by atoms with van der Waals surface area (Å²) in [5, 5.41) is 254. The predicted molar refractivity (Wildman–Crippen MR) is 463 cm³/mol. The number of amides is 1. The van der Waals surface area contributed by atoms with E-state index < -0.39 is 350 Å². The monoisotopic (exact) mass is 1920 g/mol. The lowest BCUT2D eigenvalue weighted by Gasteiger charge is -2.52. The number of aliphatic hydroxyl groups excluding tert-OH is 21. The zero-order valence-corrected chi connectivity index (χ0v) is 78.3. The van der Waals surface area contributed by atoms with Crippen LogP contribution < -0.4 is 11.1 Å². The molecule has 0 aliphatic carbocycles. The topological polar surface area (TPSA) is 665 Å². The lowest BCUT2D eigenvalue weighted by Crippen LogP contribution is -2.68. The Hall–Kier alpha value is -3.62. The van der Waals surface area contributed by atoms with Crippen molar-refractivity contribution in [1.82, 2.24) is 5.32 Å². The van der Waals surface area contributed by atoms with Gasteiger partial charge in [-0.1, -0.05) is 91.0 Å². The third kappa shape index (κ3) is 30.0. The Morgan fingerprint density at radius 3 is 1.75 bits per heavy atom. The Kier molecular flexibility index (Phi) is 43.6. The Balaban J connectivity index is 0.943. The highest BCUT2D eigenvalue weighted by molar-refractivity contribution is 5.82. The van der Waals surface area contributed by atoms with Crippen LogP contribution in [0.15, 0.2) is 48.6 Å². The Labute approximate surface area is 776 Å². The summed E-state index contributed by atoms with van der Waals surface area (Å²) in [7, 11) is 0. The molecule has 0 spiro atoms. The van der Waals surface area contributed by atoms with Gasteiger partial charge in [0.1, 0.15) is 97.6 Å². The van der Waals surface area contributed by atoms with Crippen molar-refractivity contribution in [3.63, 3.8) is 0 Å². The zero-order valence-electron chi connectivity index (χ0n) is 78.3. The maximum Gasteiger partial charge on any atom is 0.331 e. The van der Waals surface area contributed by atoms with Crippen molar-refractivity contribution in [3.05, 3.63) is 48.6 Å². The van der Waals surface area contributed by atoms with E-state index >= 15 is 0 Å². The van der Waals surface area contributed by atoms with Gasteiger partial charge < -0.3 is 199 Å². The molecule has 1 amide bonds. The predicted octanol–water partition coefficient (Wildman–Crippen LogP) is -3.54. The third-order valence-corrected chi connectivity index (χ3v) is 27.9. The molecular weight excluding hydrogens is 1760 g/mol. The average Bonchev–Trinajstić information content (AvgIpc) is 0.756. The van der Waals surface area contributed by atoms with E-state index in [0.29, 0.717) is 38.5 Å². The van der Waals surface area contributed by atoms with Crippen LogP contribution in [0, 0.1) is 35.5 Å². The van der Waals surface area contributed by atoms with E-state index in [0.717, 1.165) is 13.0 Å². The van der Waals surface area contributed by atoms with Crippen LogP contribution in [0.5, 0.6) is 0 Å². The number of fused-ring (bicyclic) bond motifs is 2. The zero-order chi connectivity index (χ0) is 98.3. The molecule has 9 aliphatic heterocycles. The van der Waals surface area contributed by atoms with Crippen LogP contribution in [0.4, 0.5) is 0 Å². The van der Waals surface area contributed by atoms with Crippen molar-refractivity contribution >= 4 is 11.9 Å². The molecule has 0 radical (unpaired) electrons. The number of aliphatic hydroxyl groups is 22. The van der Waals surface area contributed by atoms with Crippen LogP contribution in [-0.2, 0) is 85.4 Å². The molecule has 0 saturated carbocycles.